The first-order chi connectivity index (χ1) is 17.4. The molecule has 8 heteroatoms. The number of nitrogen functional groups attached to an aromatic ring is 1. The van der Waals surface area contributed by atoms with Crippen molar-refractivity contribution >= 4 is 28.5 Å². The van der Waals surface area contributed by atoms with Gasteiger partial charge in [0.2, 0.25) is 0 Å². The van der Waals surface area contributed by atoms with Gasteiger partial charge in [-0.15, -0.1) is 0 Å². The average Bonchev–Trinajstić information content (AvgIpc) is 2.90. The van der Waals surface area contributed by atoms with E-state index in [1.54, 1.807) is 24.5 Å². The molecule has 0 bridgehead atoms. The van der Waals surface area contributed by atoms with Crippen molar-refractivity contribution in [2.75, 3.05) is 5.32 Å². The van der Waals surface area contributed by atoms with E-state index in [1.165, 1.54) is 0 Å². The molecule has 0 spiro atoms. The Balaban J connectivity index is 1.53. The number of hydrogen-bond donors (Lipinski definition) is 4. The summed E-state index contributed by atoms with van der Waals surface area (Å²) in [7, 11) is 0. The van der Waals surface area contributed by atoms with Crippen LogP contribution in [0.25, 0.3) is 22.2 Å². The molecule has 1 unspecified atom stereocenters. The van der Waals surface area contributed by atoms with Crippen molar-refractivity contribution in [3.63, 3.8) is 0 Å². The van der Waals surface area contributed by atoms with Crippen molar-refractivity contribution in [3.8, 4) is 23.1 Å². The van der Waals surface area contributed by atoms with Crippen molar-refractivity contribution in [1.29, 1.82) is 0 Å². The van der Waals surface area contributed by atoms with Crippen LogP contribution in [0, 0.1) is 17.8 Å². The third kappa shape index (κ3) is 5.49. The summed E-state index contributed by atoms with van der Waals surface area (Å²) >= 11 is 0. The maximum atomic E-state index is 12.3. The fraction of sp³-hybridized carbons (Fsp3) is 0.143. The van der Waals surface area contributed by atoms with Gasteiger partial charge in [-0.3, -0.25) is 15.2 Å². The minimum absolute atomic E-state index is 0.0452. The molecule has 4 aromatic rings. The summed E-state index contributed by atoms with van der Waals surface area (Å²) in [4.78, 5) is 32.4. The van der Waals surface area contributed by atoms with Crippen LogP contribution in [-0.4, -0.2) is 33.0 Å². The van der Waals surface area contributed by atoms with Gasteiger partial charge in [-0.1, -0.05) is 37.8 Å². The summed E-state index contributed by atoms with van der Waals surface area (Å²) in [6.07, 6.45) is 3.21. The topological polar surface area (TPSA) is 130 Å². The number of carboxylic acids is 1. The molecule has 0 aliphatic heterocycles. The van der Waals surface area contributed by atoms with E-state index in [1.807, 2.05) is 62.4 Å². The lowest BCUT2D eigenvalue weighted by Crippen LogP contribution is -2.34. The van der Waals surface area contributed by atoms with Gasteiger partial charge in [-0.2, -0.15) is 0 Å². The molecular formula is C28H25N5O3. The zero-order valence-corrected chi connectivity index (χ0v) is 19.8. The van der Waals surface area contributed by atoms with Crippen LogP contribution in [0.4, 0.5) is 5.69 Å². The maximum absolute atomic E-state index is 12.3. The number of aromatic nitrogens is 2. The molecule has 1 atom stereocenters. The van der Waals surface area contributed by atoms with Crippen molar-refractivity contribution in [1.82, 2.24) is 15.4 Å². The fourth-order valence-corrected chi connectivity index (χ4v) is 3.69. The van der Waals surface area contributed by atoms with Crippen LogP contribution in [0.15, 0.2) is 73.1 Å². The lowest BCUT2D eigenvalue weighted by Gasteiger charge is -2.19. The minimum atomic E-state index is -0.882. The molecule has 0 radical (unpaired) electrons. The lowest BCUT2D eigenvalue weighted by atomic mass is 10.0. The molecule has 180 valence electrons. The van der Waals surface area contributed by atoms with E-state index in [9.17, 15) is 14.7 Å². The molecule has 0 saturated heterocycles. The number of aliphatic carboxylic acids is 1. The summed E-state index contributed by atoms with van der Waals surface area (Å²) in [5.74, 6) is 10.3. The Hall–Kier alpha value is -4.74. The van der Waals surface area contributed by atoms with E-state index in [4.69, 9.17) is 5.84 Å². The van der Waals surface area contributed by atoms with Crippen LogP contribution in [0.3, 0.4) is 0 Å². The predicted octanol–water partition coefficient (Wildman–Crippen LogP) is 3.82. The SMILES string of the molecule is CC(C)C(Nc1ccc(C#Cc2ccc(-c3cc(C(=O)NN)c4cnccc4n3)cc2)cc1)C(=O)O. The number of hydrogen-bond acceptors (Lipinski definition) is 6. The number of nitrogens with zero attached hydrogens (tertiary/aromatic N) is 2. The summed E-state index contributed by atoms with van der Waals surface area (Å²) < 4.78 is 0. The molecule has 0 aliphatic rings. The Morgan fingerprint density at radius 3 is 2.19 bits per heavy atom. The first-order valence-electron chi connectivity index (χ1n) is 11.3. The lowest BCUT2D eigenvalue weighted by molar-refractivity contribution is -0.138. The minimum Gasteiger partial charge on any atom is -0.480 e. The molecule has 0 aliphatic carbocycles. The largest absolute Gasteiger partial charge is 0.480 e. The molecular weight excluding hydrogens is 454 g/mol. The molecule has 5 N–H and O–H groups in total. The van der Waals surface area contributed by atoms with Crippen LogP contribution in [0.5, 0.6) is 0 Å². The van der Waals surface area contributed by atoms with Gasteiger partial charge in [0.05, 0.1) is 16.8 Å². The second kappa shape index (κ2) is 10.7. The number of amides is 1. The molecule has 0 fully saturated rings. The standard InChI is InChI=1S/C28H25N5O3/c1-17(2)26(28(35)36)31-21-11-7-19(8-12-21)4-3-18-5-9-20(10-6-18)25-15-22(27(34)33-29)23-16-30-14-13-24(23)32-25/h5-17,26,31H,29H2,1-2H3,(H,33,34)(H,35,36). The number of benzene rings is 2. The third-order valence-electron chi connectivity index (χ3n) is 5.66. The Kier molecular flexibility index (Phi) is 7.23. The quantitative estimate of drug-likeness (QED) is 0.143. The second-order valence-electron chi connectivity index (χ2n) is 8.53. The van der Waals surface area contributed by atoms with Gasteiger partial charge in [0.25, 0.3) is 5.91 Å². The molecule has 36 heavy (non-hydrogen) atoms. The highest BCUT2D eigenvalue weighted by Crippen LogP contribution is 2.24. The van der Waals surface area contributed by atoms with E-state index in [2.05, 4.69) is 32.6 Å². The second-order valence-corrected chi connectivity index (χ2v) is 8.53. The van der Waals surface area contributed by atoms with Crippen LogP contribution in [0.1, 0.15) is 35.3 Å². The highest BCUT2D eigenvalue weighted by atomic mass is 16.4. The number of carboxylic acid groups (broad SMARTS) is 1. The first kappa shape index (κ1) is 24.4. The van der Waals surface area contributed by atoms with Gasteiger partial charge >= 0.3 is 5.97 Å². The highest BCUT2D eigenvalue weighted by Gasteiger charge is 2.20. The Morgan fingerprint density at radius 2 is 1.61 bits per heavy atom. The van der Waals surface area contributed by atoms with E-state index in [-0.39, 0.29) is 5.92 Å². The Bertz CT molecular complexity index is 1470. The van der Waals surface area contributed by atoms with Gasteiger partial charge < -0.3 is 10.4 Å². The molecule has 2 heterocycles. The van der Waals surface area contributed by atoms with E-state index in [0.29, 0.717) is 22.2 Å². The molecule has 1 amide bonds. The van der Waals surface area contributed by atoms with Crippen molar-refractivity contribution in [2.24, 2.45) is 11.8 Å². The first-order valence-corrected chi connectivity index (χ1v) is 11.3. The Labute approximate surface area is 208 Å². The molecule has 2 aromatic heterocycles. The number of nitrogens with one attached hydrogen (secondary N) is 2. The maximum Gasteiger partial charge on any atom is 0.326 e. The summed E-state index contributed by atoms with van der Waals surface area (Å²) in [5, 5.41) is 13.0. The average molecular weight is 480 g/mol. The number of rotatable bonds is 6. The fourth-order valence-electron chi connectivity index (χ4n) is 3.69. The molecule has 4 rings (SSSR count). The number of carbonyl (C=O) groups excluding carboxylic acids is 1. The molecule has 8 nitrogen and oxygen atoms in total. The number of nitrogens with two attached hydrogens (primary N) is 1. The smallest absolute Gasteiger partial charge is 0.326 e. The van der Waals surface area contributed by atoms with Gasteiger partial charge in [-0.25, -0.2) is 15.6 Å². The van der Waals surface area contributed by atoms with Crippen LogP contribution < -0.4 is 16.6 Å². The van der Waals surface area contributed by atoms with E-state index in [0.717, 1.165) is 22.4 Å². The number of anilines is 1. The van der Waals surface area contributed by atoms with Crippen molar-refractivity contribution in [2.45, 2.75) is 19.9 Å². The Morgan fingerprint density at radius 1 is 0.972 bits per heavy atom. The highest BCUT2D eigenvalue weighted by molar-refractivity contribution is 6.06. The van der Waals surface area contributed by atoms with E-state index >= 15 is 0 Å². The van der Waals surface area contributed by atoms with Crippen molar-refractivity contribution < 1.29 is 14.7 Å². The number of hydrazine groups is 1. The van der Waals surface area contributed by atoms with E-state index < -0.39 is 17.9 Å². The van der Waals surface area contributed by atoms with Crippen LogP contribution in [-0.2, 0) is 4.79 Å². The predicted molar refractivity (Wildman–Crippen MR) is 139 cm³/mol. The summed E-state index contributed by atoms with van der Waals surface area (Å²) in [6, 6.07) is 17.7. The zero-order chi connectivity index (χ0) is 25.7. The number of carbonyl (C=O) groups is 2. The summed E-state index contributed by atoms with van der Waals surface area (Å²) in [5.41, 5.74) is 7.04. The normalized spacial score (nSPS) is 11.4. The third-order valence-corrected chi connectivity index (χ3v) is 5.66. The zero-order valence-electron chi connectivity index (χ0n) is 19.8. The molecule has 0 saturated carbocycles. The summed E-state index contributed by atoms with van der Waals surface area (Å²) in [6.45, 7) is 3.72. The van der Waals surface area contributed by atoms with Crippen molar-refractivity contribution in [3.05, 3.63) is 89.7 Å². The van der Waals surface area contributed by atoms with Gasteiger partial charge in [0.15, 0.2) is 0 Å². The number of pyridine rings is 2. The van der Waals surface area contributed by atoms with Gasteiger partial charge in [0.1, 0.15) is 6.04 Å². The van der Waals surface area contributed by atoms with Crippen LogP contribution in [0.2, 0.25) is 0 Å². The van der Waals surface area contributed by atoms with Crippen LogP contribution >= 0.6 is 0 Å². The van der Waals surface area contributed by atoms with Gasteiger partial charge in [-0.05, 0) is 54.4 Å². The van der Waals surface area contributed by atoms with Gasteiger partial charge in [0, 0.05) is 40.2 Å². The monoisotopic (exact) mass is 479 g/mol. The molecule has 2 aromatic carbocycles. The number of fused-ring (bicyclic) bond motifs is 1.